The van der Waals surface area contributed by atoms with Gasteiger partial charge >= 0.3 is 0 Å². The molecule has 0 saturated carbocycles. The van der Waals surface area contributed by atoms with Crippen LogP contribution in [0.15, 0.2) is 54.6 Å². The van der Waals surface area contributed by atoms with Gasteiger partial charge in [-0.15, -0.1) is 0 Å². The summed E-state index contributed by atoms with van der Waals surface area (Å²) in [5, 5.41) is 0.507. The van der Waals surface area contributed by atoms with Crippen molar-refractivity contribution in [1.29, 1.82) is 0 Å². The molecular formula is C14H11ClO2. The van der Waals surface area contributed by atoms with E-state index in [-0.39, 0.29) is 0 Å². The third-order valence-corrected chi connectivity index (χ3v) is 2.31. The smallest absolute Gasteiger partial charge is 0.151 e. The highest BCUT2D eigenvalue weighted by atomic mass is 35.5. The van der Waals surface area contributed by atoms with Gasteiger partial charge in [0.25, 0.3) is 0 Å². The van der Waals surface area contributed by atoms with Crippen LogP contribution in [0.1, 0.15) is 20.7 Å². The van der Waals surface area contributed by atoms with Gasteiger partial charge < -0.3 is 0 Å². The molecule has 2 nitrogen and oxygen atoms in total. The zero-order valence-corrected chi connectivity index (χ0v) is 9.80. The lowest BCUT2D eigenvalue weighted by atomic mass is 10.2. The van der Waals surface area contributed by atoms with Crippen LogP contribution in [-0.2, 0) is 0 Å². The fourth-order valence-electron chi connectivity index (χ4n) is 1.10. The summed E-state index contributed by atoms with van der Waals surface area (Å²) in [7, 11) is 0. The minimum atomic E-state index is 0.507. The highest BCUT2D eigenvalue weighted by Gasteiger charge is 1.92. The molecule has 0 spiro atoms. The van der Waals surface area contributed by atoms with Crippen LogP contribution in [0.2, 0.25) is 5.02 Å². The lowest BCUT2D eigenvalue weighted by molar-refractivity contribution is 0.111. The summed E-state index contributed by atoms with van der Waals surface area (Å²) in [4.78, 5) is 20.1. The topological polar surface area (TPSA) is 34.1 Å². The van der Waals surface area contributed by atoms with Gasteiger partial charge in [0.2, 0.25) is 0 Å². The van der Waals surface area contributed by atoms with E-state index in [1.165, 1.54) is 0 Å². The van der Waals surface area contributed by atoms with Crippen molar-refractivity contribution in [3.8, 4) is 0 Å². The molecule has 0 unspecified atom stereocenters. The minimum absolute atomic E-state index is 0.507. The normalized spacial score (nSPS) is 8.76. The van der Waals surface area contributed by atoms with Gasteiger partial charge in [-0.3, -0.25) is 9.59 Å². The molecule has 0 fully saturated rings. The predicted molar refractivity (Wildman–Crippen MR) is 68.7 cm³/mol. The Morgan fingerprint density at radius 3 is 1.76 bits per heavy atom. The second kappa shape index (κ2) is 7.36. The summed E-state index contributed by atoms with van der Waals surface area (Å²) < 4.78 is 0. The number of rotatable bonds is 2. The monoisotopic (exact) mass is 246 g/mol. The van der Waals surface area contributed by atoms with E-state index in [9.17, 15) is 9.59 Å². The second-order valence-electron chi connectivity index (χ2n) is 3.17. The molecule has 0 heterocycles. The first-order chi connectivity index (χ1) is 8.27. The summed E-state index contributed by atoms with van der Waals surface area (Å²) in [6.07, 6.45) is 1.57. The number of carbonyl (C=O) groups is 2. The highest BCUT2D eigenvalue weighted by Crippen LogP contribution is 2.11. The van der Waals surface area contributed by atoms with Gasteiger partial charge in [-0.1, -0.05) is 60.1 Å². The number of hydrogen-bond donors (Lipinski definition) is 0. The molecule has 0 aliphatic rings. The Bertz CT molecular complexity index is 481. The van der Waals surface area contributed by atoms with Crippen molar-refractivity contribution >= 4 is 24.2 Å². The quantitative estimate of drug-likeness (QED) is 0.758. The van der Waals surface area contributed by atoms with Gasteiger partial charge in [0.05, 0.1) is 5.02 Å². The maximum Gasteiger partial charge on any atom is 0.151 e. The Morgan fingerprint density at radius 1 is 0.765 bits per heavy atom. The first kappa shape index (κ1) is 13.1. The second-order valence-corrected chi connectivity index (χ2v) is 3.58. The molecule has 86 valence electrons. The summed E-state index contributed by atoms with van der Waals surface area (Å²) in [5.74, 6) is 0. The average molecular weight is 247 g/mol. The zero-order valence-electron chi connectivity index (χ0n) is 9.05. The molecule has 17 heavy (non-hydrogen) atoms. The number of benzene rings is 2. The molecule has 0 amide bonds. The van der Waals surface area contributed by atoms with E-state index < -0.39 is 0 Å². The third kappa shape index (κ3) is 4.62. The fraction of sp³-hybridized carbons (Fsp3) is 0. The Labute approximate surface area is 105 Å². The van der Waals surface area contributed by atoms with Crippen LogP contribution < -0.4 is 0 Å². The van der Waals surface area contributed by atoms with Crippen LogP contribution in [0.5, 0.6) is 0 Å². The molecule has 0 aliphatic heterocycles. The van der Waals surface area contributed by atoms with Gasteiger partial charge in [-0.2, -0.15) is 0 Å². The number of hydrogen-bond acceptors (Lipinski definition) is 2. The minimum Gasteiger partial charge on any atom is -0.298 e. The van der Waals surface area contributed by atoms with Crippen molar-refractivity contribution in [2.45, 2.75) is 0 Å². The first-order valence-corrected chi connectivity index (χ1v) is 5.35. The van der Waals surface area contributed by atoms with E-state index in [1.54, 1.807) is 36.4 Å². The molecule has 0 bridgehead atoms. The van der Waals surface area contributed by atoms with E-state index in [2.05, 4.69) is 0 Å². The van der Waals surface area contributed by atoms with Crippen molar-refractivity contribution in [3.05, 3.63) is 70.7 Å². The Balaban J connectivity index is 0.000000171. The summed E-state index contributed by atoms with van der Waals surface area (Å²) >= 11 is 5.59. The summed E-state index contributed by atoms with van der Waals surface area (Å²) in [6, 6.07) is 16.0. The Hall–Kier alpha value is -1.93. The molecule has 3 heteroatoms. The van der Waals surface area contributed by atoms with Crippen LogP contribution in [0.4, 0.5) is 0 Å². The van der Waals surface area contributed by atoms with E-state index in [4.69, 9.17) is 11.6 Å². The third-order valence-electron chi connectivity index (χ3n) is 1.97. The molecular weight excluding hydrogens is 236 g/mol. The molecule has 0 aliphatic carbocycles. The van der Waals surface area contributed by atoms with Gasteiger partial charge in [0.1, 0.15) is 6.29 Å². The van der Waals surface area contributed by atoms with Crippen LogP contribution in [0.3, 0.4) is 0 Å². The summed E-state index contributed by atoms with van der Waals surface area (Å²) in [5.41, 5.74) is 1.27. The number of aldehydes is 2. The predicted octanol–water partition coefficient (Wildman–Crippen LogP) is 3.65. The van der Waals surface area contributed by atoms with Crippen molar-refractivity contribution < 1.29 is 9.59 Å². The largest absolute Gasteiger partial charge is 0.298 e. The zero-order chi connectivity index (χ0) is 12.5. The van der Waals surface area contributed by atoms with Crippen LogP contribution >= 0.6 is 11.6 Å². The summed E-state index contributed by atoms with van der Waals surface area (Å²) in [6.45, 7) is 0. The molecule has 0 aromatic heterocycles. The maximum atomic E-state index is 10.1. The van der Waals surface area contributed by atoms with Crippen molar-refractivity contribution in [2.24, 2.45) is 0 Å². The van der Waals surface area contributed by atoms with Gasteiger partial charge in [0.15, 0.2) is 6.29 Å². The maximum absolute atomic E-state index is 10.1. The van der Waals surface area contributed by atoms with E-state index in [1.807, 2.05) is 18.2 Å². The molecule has 2 aromatic carbocycles. The lowest BCUT2D eigenvalue weighted by Gasteiger charge is -1.90. The molecule has 2 aromatic rings. The Kier molecular flexibility index (Phi) is 5.69. The standard InChI is InChI=1S/C7H5ClO.C7H6O/c8-7-4-2-1-3-6(7)5-9;8-6-7-4-2-1-3-5-7/h1-5H;1-6H. The van der Waals surface area contributed by atoms with Gasteiger partial charge in [-0.05, 0) is 6.07 Å². The fourth-order valence-corrected chi connectivity index (χ4v) is 1.28. The van der Waals surface area contributed by atoms with Crippen molar-refractivity contribution in [3.63, 3.8) is 0 Å². The lowest BCUT2D eigenvalue weighted by Crippen LogP contribution is -1.77. The average Bonchev–Trinajstić information content (AvgIpc) is 2.41. The number of carbonyl (C=O) groups excluding carboxylic acids is 2. The van der Waals surface area contributed by atoms with E-state index in [0.29, 0.717) is 10.6 Å². The molecule has 0 N–H and O–H groups in total. The van der Waals surface area contributed by atoms with Crippen molar-refractivity contribution in [1.82, 2.24) is 0 Å². The number of halogens is 1. The molecule has 2 rings (SSSR count). The molecule has 0 radical (unpaired) electrons. The van der Waals surface area contributed by atoms with Gasteiger partial charge in [-0.25, -0.2) is 0 Å². The van der Waals surface area contributed by atoms with E-state index >= 15 is 0 Å². The molecule has 0 saturated heterocycles. The SMILES string of the molecule is O=Cc1ccccc1.O=Cc1ccccc1Cl. The molecule has 0 atom stereocenters. The van der Waals surface area contributed by atoms with Crippen LogP contribution in [0, 0.1) is 0 Å². The highest BCUT2D eigenvalue weighted by molar-refractivity contribution is 6.32. The Morgan fingerprint density at radius 2 is 1.35 bits per heavy atom. The van der Waals surface area contributed by atoms with Gasteiger partial charge in [0, 0.05) is 11.1 Å². The van der Waals surface area contributed by atoms with Crippen molar-refractivity contribution in [2.75, 3.05) is 0 Å². The first-order valence-electron chi connectivity index (χ1n) is 4.98. The van der Waals surface area contributed by atoms with Crippen LogP contribution in [0.25, 0.3) is 0 Å². The van der Waals surface area contributed by atoms with Crippen LogP contribution in [-0.4, -0.2) is 12.6 Å². The van der Waals surface area contributed by atoms with E-state index in [0.717, 1.165) is 18.1 Å².